The molecule has 7 unspecified atom stereocenters. The van der Waals surface area contributed by atoms with E-state index in [-0.39, 0.29) is 34.0 Å². The fourth-order valence-corrected chi connectivity index (χ4v) is 19.2. The van der Waals surface area contributed by atoms with Crippen LogP contribution in [0.15, 0.2) is 0 Å². The van der Waals surface area contributed by atoms with Crippen molar-refractivity contribution in [1.29, 1.82) is 0 Å². The molecule has 500 valence electrons. The van der Waals surface area contributed by atoms with Gasteiger partial charge >= 0.3 is 0 Å². The summed E-state index contributed by atoms with van der Waals surface area (Å²) in [4.78, 5) is 12.6. The molecule has 0 radical (unpaired) electrons. The van der Waals surface area contributed by atoms with Gasteiger partial charge in [-0.2, -0.15) is 0 Å². The maximum Gasteiger partial charge on any atom is 0.187 e. The number of hydrogen-bond donors (Lipinski definition) is 16. The highest BCUT2D eigenvalue weighted by molar-refractivity contribution is 5.59. The van der Waals surface area contributed by atoms with Crippen LogP contribution in [-0.2, 0) is 56.9 Å². The van der Waals surface area contributed by atoms with Crippen LogP contribution in [0.2, 0.25) is 0 Å². The highest BCUT2D eigenvalue weighted by Gasteiger charge is 2.80. The second-order valence-corrected chi connectivity index (χ2v) is 29.1. The lowest BCUT2D eigenvalue weighted by atomic mass is 9.30. The maximum atomic E-state index is 12.6. The average molecular weight is 1250 g/mol. The van der Waals surface area contributed by atoms with Gasteiger partial charge in [0.05, 0.1) is 57.5 Å². The van der Waals surface area contributed by atoms with E-state index in [1.165, 1.54) is 0 Å². The van der Waals surface area contributed by atoms with Crippen LogP contribution in [-0.4, -0.2) is 293 Å². The zero-order chi connectivity index (χ0) is 63.0. The molecule has 5 saturated carbocycles. The van der Waals surface area contributed by atoms with Gasteiger partial charge in [0.1, 0.15) is 122 Å². The summed E-state index contributed by atoms with van der Waals surface area (Å²) in [5.41, 5.74) is -2.93. The van der Waals surface area contributed by atoms with Gasteiger partial charge in [0.25, 0.3) is 0 Å². The molecule has 16 N–H and O–H groups in total. The van der Waals surface area contributed by atoms with E-state index < -0.39 is 215 Å². The Hall–Kier alpha value is -1.41. The molecule has 11 fully saturated rings. The van der Waals surface area contributed by atoms with E-state index >= 15 is 0 Å². The zero-order valence-corrected chi connectivity index (χ0v) is 50.2. The summed E-state index contributed by atoms with van der Waals surface area (Å²) in [5.74, 6) is 0.292. The Labute approximate surface area is 504 Å². The number of aliphatic hydroxyl groups is 16. The predicted octanol–water partition coefficient (Wildman–Crippen LogP) is -4.71. The first-order valence-corrected chi connectivity index (χ1v) is 31.2. The summed E-state index contributed by atoms with van der Waals surface area (Å²) in [6, 6.07) is 0. The molecule has 2 bridgehead atoms. The zero-order valence-electron chi connectivity index (χ0n) is 50.2. The summed E-state index contributed by atoms with van der Waals surface area (Å²) in [7, 11) is 0. The summed E-state index contributed by atoms with van der Waals surface area (Å²) >= 11 is 0. The number of aldehydes is 1. The van der Waals surface area contributed by atoms with Crippen LogP contribution >= 0.6 is 0 Å². The first kappa shape index (κ1) is 67.0. The van der Waals surface area contributed by atoms with Crippen LogP contribution < -0.4 is 0 Å². The minimum absolute atomic E-state index is 0.0335. The number of carbonyl (C=O) groups excluding carboxylic acids is 1. The van der Waals surface area contributed by atoms with Crippen molar-refractivity contribution in [3.63, 3.8) is 0 Å². The third-order valence-electron chi connectivity index (χ3n) is 24.5. The number of hydrogen-bond acceptors (Lipinski definition) is 28. The number of aliphatic hydroxyl groups excluding tert-OH is 16. The topological polar surface area (TPSA) is 442 Å². The molecule has 6 aliphatic heterocycles. The van der Waals surface area contributed by atoms with Gasteiger partial charge in [-0.25, -0.2) is 0 Å². The molecule has 87 heavy (non-hydrogen) atoms. The molecule has 0 aromatic heterocycles. The van der Waals surface area contributed by atoms with Gasteiger partial charge in [-0.15, -0.1) is 0 Å². The van der Waals surface area contributed by atoms with E-state index in [0.717, 1.165) is 44.8 Å². The van der Waals surface area contributed by atoms with Gasteiger partial charge in [-0.3, -0.25) is 0 Å². The SMILES string of the molecule is CC1(C)C2CC[C@]3(C)C(CC[C@]45OC[C@@]6(CC[C@](C)(C=O)CC64)[C@H](O)C[C@]53C)[C@@]2(C)CC[C@@H]1O[C@@H]1OC[C@H](O[C@H]2O[C@H](CO)[C@@H](OC3O[C@H](CO)[C@H](O)[C@H](O)[C@H]3O)C(O)C2O[C@@H]2O[C@H](CO)[C@@H](O)[C@H](O)[C@H]2O)C(O)[C@H]1O[C@H]1O[C@H](CO)[C@@H](O)[C@H](O)[C@H]1O. The van der Waals surface area contributed by atoms with Gasteiger partial charge in [0, 0.05) is 16.2 Å². The summed E-state index contributed by atoms with van der Waals surface area (Å²) in [5, 5.41) is 175. The molecule has 0 amide bonds. The largest absolute Gasteiger partial charge is 0.394 e. The van der Waals surface area contributed by atoms with Crippen LogP contribution in [0, 0.1) is 50.2 Å². The van der Waals surface area contributed by atoms with Crippen LogP contribution in [0.1, 0.15) is 106 Å². The molecule has 28 heteroatoms. The van der Waals surface area contributed by atoms with Crippen molar-refractivity contribution in [3.8, 4) is 0 Å². The molecular formula is C59H96O28. The Kier molecular flexibility index (Phi) is 18.8. The van der Waals surface area contributed by atoms with Crippen molar-refractivity contribution in [3.05, 3.63) is 0 Å². The Morgan fingerprint density at radius 3 is 1.49 bits per heavy atom. The van der Waals surface area contributed by atoms with Crippen LogP contribution in [0.4, 0.5) is 0 Å². The molecule has 6 heterocycles. The van der Waals surface area contributed by atoms with E-state index in [1.807, 2.05) is 6.92 Å². The normalized spacial score (nSPS) is 57.4. The number of ether oxygens (including phenoxy) is 11. The van der Waals surface area contributed by atoms with Crippen molar-refractivity contribution in [2.75, 3.05) is 39.6 Å². The van der Waals surface area contributed by atoms with Crippen LogP contribution in [0.3, 0.4) is 0 Å². The van der Waals surface area contributed by atoms with Gasteiger partial charge < -0.3 is 139 Å². The highest BCUT2D eigenvalue weighted by Crippen LogP contribution is 2.80. The monoisotopic (exact) mass is 1250 g/mol. The summed E-state index contributed by atoms with van der Waals surface area (Å²) < 4.78 is 68.4. The third-order valence-corrected chi connectivity index (χ3v) is 24.5. The lowest BCUT2D eigenvalue weighted by molar-refractivity contribution is -0.405. The molecule has 0 aromatic carbocycles. The molecule has 6 saturated heterocycles. The average Bonchev–Trinajstić information content (AvgIpc) is 1.62. The van der Waals surface area contributed by atoms with E-state index in [0.29, 0.717) is 32.3 Å². The van der Waals surface area contributed by atoms with E-state index in [2.05, 4.69) is 34.6 Å². The Morgan fingerprint density at radius 1 is 0.460 bits per heavy atom. The number of rotatable bonds is 15. The molecule has 35 atom stereocenters. The van der Waals surface area contributed by atoms with Gasteiger partial charge in [-0.05, 0) is 98.2 Å². The van der Waals surface area contributed by atoms with Crippen LogP contribution in [0.25, 0.3) is 0 Å². The lowest BCUT2D eigenvalue weighted by Gasteiger charge is -2.75. The minimum Gasteiger partial charge on any atom is -0.394 e. The first-order chi connectivity index (χ1) is 41.0. The van der Waals surface area contributed by atoms with E-state index in [9.17, 15) is 86.5 Å². The molecule has 0 aromatic rings. The van der Waals surface area contributed by atoms with Gasteiger partial charge in [0.2, 0.25) is 0 Å². The third kappa shape index (κ3) is 10.5. The smallest absolute Gasteiger partial charge is 0.187 e. The molecule has 1 spiro atoms. The maximum absolute atomic E-state index is 12.6. The van der Waals surface area contributed by atoms with Crippen molar-refractivity contribution in [1.82, 2.24) is 0 Å². The van der Waals surface area contributed by atoms with E-state index in [4.69, 9.17) is 52.1 Å². The molecule has 28 nitrogen and oxygen atoms in total. The summed E-state index contributed by atoms with van der Waals surface area (Å²) in [6.45, 7) is 9.83. The van der Waals surface area contributed by atoms with Crippen molar-refractivity contribution >= 4 is 6.29 Å². The predicted molar refractivity (Wildman–Crippen MR) is 289 cm³/mol. The number of carbonyl (C=O) groups is 1. The molecule has 5 aliphatic carbocycles. The quantitative estimate of drug-likeness (QED) is 0.0541. The van der Waals surface area contributed by atoms with Crippen molar-refractivity contribution in [2.24, 2.45) is 50.2 Å². The Bertz CT molecular complexity index is 2390. The molecular weight excluding hydrogens is 1160 g/mol. The second-order valence-electron chi connectivity index (χ2n) is 29.1. The fourth-order valence-electron chi connectivity index (χ4n) is 19.2. The highest BCUT2D eigenvalue weighted by atomic mass is 16.8. The fraction of sp³-hybridized carbons (Fsp3) is 0.983. The van der Waals surface area contributed by atoms with Gasteiger partial charge in [0.15, 0.2) is 31.5 Å². The van der Waals surface area contributed by atoms with Crippen molar-refractivity contribution in [2.45, 2.75) is 271 Å². The molecule has 11 rings (SSSR count). The summed E-state index contributed by atoms with van der Waals surface area (Å²) in [6.07, 6.45) is -36.7. The van der Waals surface area contributed by atoms with Gasteiger partial charge in [-0.1, -0.05) is 41.5 Å². The standard InChI is InChI=1S/C59H96O28/c1-53(2)29-7-11-56(5)30(8-12-59-31-15-54(3,22-64)13-14-58(31,23-78-59)32(65)16-57(56,59)6)55(29,4)10-9-33(53)84-51-46(86-49-42(74)39(71)35(67)25(18-61)80-49)37(69)28(21-77-51)83-52-47(87-50-43(75)40(72)36(68)26(19-62)81-50)44(76)45(27(20-63)82-52)85-48-41(73)38(70)34(66)24(17-60)79-48/h22,24-52,60-63,65-76H,7-21,23H2,1-6H3/t24-,25-,26-,27-,28+,29?,30?,31?,32-,33+,34+,35-,36-,37?,38+,39+,40+,41-,42-,43-,44?,45-,46-,47?,48?,49-,50+,51+,52-,54+,55+,56-,57+,58-,59+/m1/s1. The Morgan fingerprint density at radius 2 is 0.966 bits per heavy atom. The molecule has 11 aliphatic rings. The number of fused-ring (bicyclic) bond motifs is 4. The lowest BCUT2D eigenvalue weighted by Crippen LogP contribution is -2.74. The minimum atomic E-state index is -2.12. The van der Waals surface area contributed by atoms with E-state index in [1.54, 1.807) is 0 Å². The van der Waals surface area contributed by atoms with Crippen molar-refractivity contribution < 1.29 is 139 Å². The second kappa shape index (κ2) is 24.4. The van der Waals surface area contributed by atoms with Crippen LogP contribution in [0.5, 0.6) is 0 Å². The first-order valence-electron chi connectivity index (χ1n) is 31.2. The Balaban J connectivity index is 0.861.